The second-order valence-electron chi connectivity index (χ2n) is 6.13. The molecule has 0 saturated carbocycles. The van der Waals surface area contributed by atoms with Crippen molar-refractivity contribution in [2.45, 2.75) is 40.2 Å². The molecule has 1 heterocycles. The number of hydrogen-bond donors (Lipinski definition) is 0. The fraction of sp³-hybridized carbons (Fsp3) is 0.412. The number of carbonyl (C=O) groups excluding carboxylic acids is 1. The Morgan fingerprint density at radius 3 is 2.50 bits per heavy atom. The molecule has 0 saturated heterocycles. The lowest BCUT2D eigenvalue weighted by atomic mass is 10.1. The predicted octanol–water partition coefficient (Wildman–Crippen LogP) is 5.03. The van der Waals surface area contributed by atoms with Crippen LogP contribution in [0.4, 0.5) is 0 Å². The Hall–Kier alpha value is -1.39. The first-order valence-electron chi connectivity index (χ1n) is 7.30. The van der Waals surface area contributed by atoms with Crippen molar-refractivity contribution in [3.8, 4) is 10.6 Å². The summed E-state index contributed by atoms with van der Waals surface area (Å²) in [4.78, 5) is 19.9. The van der Waals surface area contributed by atoms with Crippen LogP contribution in [0.5, 0.6) is 0 Å². The zero-order valence-corrected chi connectivity index (χ0v) is 15.2. The second kappa shape index (κ2) is 6.39. The Kier molecular flexibility index (Phi) is 4.93. The minimum absolute atomic E-state index is 0.0308. The van der Waals surface area contributed by atoms with Crippen LogP contribution in [0.3, 0.4) is 0 Å². The first-order chi connectivity index (χ1) is 10.3. The van der Waals surface area contributed by atoms with E-state index in [-0.39, 0.29) is 11.4 Å². The highest BCUT2D eigenvalue weighted by atomic mass is 35.5. The van der Waals surface area contributed by atoms with Crippen molar-refractivity contribution in [2.24, 2.45) is 0 Å². The number of aromatic nitrogens is 1. The van der Waals surface area contributed by atoms with Crippen LogP contribution in [-0.2, 0) is 0 Å². The third kappa shape index (κ3) is 3.33. The number of aryl methyl sites for hydroxylation is 1. The van der Waals surface area contributed by atoms with E-state index in [1.807, 2.05) is 63.8 Å². The van der Waals surface area contributed by atoms with Gasteiger partial charge in [0, 0.05) is 17.6 Å². The largest absolute Gasteiger partial charge is 0.333 e. The Morgan fingerprint density at radius 1 is 1.32 bits per heavy atom. The highest BCUT2D eigenvalue weighted by Crippen LogP contribution is 2.33. The molecule has 0 aliphatic heterocycles. The SMILES string of the molecule is CCN(C(=O)c1sc(-c2ccccc2Cl)nc1C)C(C)(C)C. The Balaban J connectivity index is 2.43. The monoisotopic (exact) mass is 336 g/mol. The molecule has 5 heteroatoms. The normalized spacial score (nSPS) is 11.5. The molecule has 0 atom stereocenters. The number of halogens is 1. The van der Waals surface area contributed by atoms with Gasteiger partial charge in [-0.3, -0.25) is 4.79 Å². The van der Waals surface area contributed by atoms with Gasteiger partial charge in [0.05, 0.1) is 10.7 Å². The van der Waals surface area contributed by atoms with Gasteiger partial charge >= 0.3 is 0 Å². The summed E-state index contributed by atoms with van der Waals surface area (Å²) in [5, 5.41) is 1.44. The van der Waals surface area contributed by atoms with Crippen LogP contribution in [0.1, 0.15) is 43.1 Å². The van der Waals surface area contributed by atoms with E-state index in [4.69, 9.17) is 11.6 Å². The first-order valence-corrected chi connectivity index (χ1v) is 8.49. The molecule has 118 valence electrons. The lowest BCUT2D eigenvalue weighted by molar-refractivity contribution is 0.0603. The minimum atomic E-state index is -0.215. The summed E-state index contributed by atoms with van der Waals surface area (Å²) in [6, 6.07) is 7.57. The van der Waals surface area contributed by atoms with Crippen LogP contribution >= 0.6 is 22.9 Å². The van der Waals surface area contributed by atoms with Gasteiger partial charge in [-0.05, 0) is 40.7 Å². The average molecular weight is 337 g/mol. The molecule has 0 unspecified atom stereocenters. The van der Waals surface area contributed by atoms with Gasteiger partial charge < -0.3 is 4.90 Å². The van der Waals surface area contributed by atoms with E-state index >= 15 is 0 Å². The summed E-state index contributed by atoms with van der Waals surface area (Å²) in [7, 11) is 0. The standard InChI is InChI=1S/C17H21ClN2OS/c1-6-20(17(3,4)5)16(21)14-11(2)19-15(22-14)12-9-7-8-10-13(12)18/h7-10H,6H2,1-5H3. The minimum Gasteiger partial charge on any atom is -0.333 e. The number of carbonyl (C=O) groups is 1. The van der Waals surface area contributed by atoms with E-state index in [1.165, 1.54) is 11.3 Å². The molecule has 0 aliphatic carbocycles. The van der Waals surface area contributed by atoms with E-state index < -0.39 is 0 Å². The molecule has 0 radical (unpaired) electrons. The Labute approximate surface area is 140 Å². The Bertz CT molecular complexity index is 688. The summed E-state index contributed by atoms with van der Waals surface area (Å²) in [5.74, 6) is 0.0308. The number of benzene rings is 1. The zero-order valence-electron chi connectivity index (χ0n) is 13.6. The quantitative estimate of drug-likeness (QED) is 0.787. The smallest absolute Gasteiger partial charge is 0.266 e. The van der Waals surface area contributed by atoms with Crippen molar-refractivity contribution in [1.29, 1.82) is 0 Å². The number of hydrogen-bond acceptors (Lipinski definition) is 3. The van der Waals surface area contributed by atoms with Gasteiger partial charge in [-0.1, -0.05) is 29.8 Å². The third-order valence-corrected chi connectivity index (χ3v) is 4.97. The summed E-state index contributed by atoms with van der Waals surface area (Å²) in [6.07, 6.45) is 0. The van der Waals surface area contributed by atoms with Gasteiger partial charge in [-0.15, -0.1) is 11.3 Å². The maximum absolute atomic E-state index is 12.8. The summed E-state index contributed by atoms with van der Waals surface area (Å²) < 4.78 is 0. The van der Waals surface area contributed by atoms with Gasteiger partial charge in [0.25, 0.3) is 5.91 Å². The number of thiazole rings is 1. The maximum Gasteiger partial charge on any atom is 0.266 e. The van der Waals surface area contributed by atoms with Crippen molar-refractivity contribution in [2.75, 3.05) is 6.54 Å². The van der Waals surface area contributed by atoms with Gasteiger partial charge in [0.1, 0.15) is 9.88 Å². The summed E-state index contributed by atoms with van der Waals surface area (Å²) >= 11 is 7.64. The third-order valence-electron chi connectivity index (χ3n) is 3.47. The molecule has 1 aromatic carbocycles. The average Bonchev–Trinajstić information content (AvgIpc) is 2.80. The lowest BCUT2D eigenvalue weighted by Crippen LogP contribution is -2.45. The molecular weight excluding hydrogens is 316 g/mol. The molecule has 0 N–H and O–H groups in total. The zero-order chi connectivity index (χ0) is 16.5. The molecule has 0 bridgehead atoms. The van der Waals surface area contributed by atoms with E-state index in [2.05, 4.69) is 4.98 Å². The van der Waals surface area contributed by atoms with Crippen LogP contribution in [0, 0.1) is 6.92 Å². The topological polar surface area (TPSA) is 33.2 Å². The highest BCUT2D eigenvalue weighted by molar-refractivity contribution is 7.17. The Morgan fingerprint density at radius 2 is 1.95 bits per heavy atom. The van der Waals surface area contributed by atoms with Crippen LogP contribution in [-0.4, -0.2) is 27.9 Å². The maximum atomic E-state index is 12.8. The highest BCUT2D eigenvalue weighted by Gasteiger charge is 2.29. The molecule has 2 rings (SSSR count). The van der Waals surface area contributed by atoms with E-state index in [0.717, 1.165) is 16.3 Å². The summed E-state index contributed by atoms with van der Waals surface area (Å²) in [5.41, 5.74) is 1.41. The van der Waals surface area contributed by atoms with Crippen molar-refractivity contribution in [3.63, 3.8) is 0 Å². The van der Waals surface area contributed by atoms with Crippen molar-refractivity contribution < 1.29 is 4.79 Å². The number of nitrogens with zero attached hydrogens (tertiary/aromatic N) is 2. The molecule has 0 fully saturated rings. The lowest BCUT2D eigenvalue weighted by Gasteiger charge is -2.34. The van der Waals surface area contributed by atoms with Crippen molar-refractivity contribution in [3.05, 3.63) is 39.9 Å². The summed E-state index contributed by atoms with van der Waals surface area (Å²) in [6.45, 7) is 10.7. The van der Waals surface area contributed by atoms with Gasteiger partial charge in [0.2, 0.25) is 0 Å². The van der Waals surface area contributed by atoms with Crippen LogP contribution < -0.4 is 0 Å². The fourth-order valence-corrected chi connectivity index (χ4v) is 3.73. The van der Waals surface area contributed by atoms with Crippen LogP contribution in [0.2, 0.25) is 5.02 Å². The predicted molar refractivity (Wildman–Crippen MR) is 93.8 cm³/mol. The molecule has 22 heavy (non-hydrogen) atoms. The van der Waals surface area contributed by atoms with Crippen molar-refractivity contribution in [1.82, 2.24) is 9.88 Å². The van der Waals surface area contributed by atoms with Gasteiger partial charge in [-0.2, -0.15) is 0 Å². The van der Waals surface area contributed by atoms with Gasteiger partial charge in [0.15, 0.2) is 0 Å². The van der Waals surface area contributed by atoms with E-state index in [1.54, 1.807) is 0 Å². The molecule has 2 aromatic rings. The van der Waals surface area contributed by atoms with Crippen molar-refractivity contribution >= 4 is 28.8 Å². The first kappa shape index (κ1) is 17.0. The second-order valence-corrected chi connectivity index (χ2v) is 7.54. The fourth-order valence-electron chi connectivity index (χ4n) is 2.39. The van der Waals surface area contributed by atoms with Gasteiger partial charge in [-0.25, -0.2) is 4.98 Å². The number of amides is 1. The molecule has 0 spiro atoms. The molecule has 0 aliphatic rings. The van der Waals surface area contributed by atoms with Crippen LogP contribution in [0.25, 0.3) is 10.6 Å². The molecule has 3 nitrogen and oxygen atoms in total. The molecular formula is C17H21ClN2OS. The van der Waals surface area contributed by atoms with Crippen LogP contribution in [0.15, 0.2) is 24.3 Å². The molecule has 1 aromatic heterocycles. The van der Waals surface area contributed by atoms with E-state index in [0.29, 0.717) is 16.4 Å². The number of rotatable bonds is 3. The van der Waals surface area contributed by atoms with E-state index in [9.17, 15) is 4.79 Å². The molecule has 1 amide bonds.